The van der Waals surface area contributed by atoms with E-state index in [2.05, 4.69) is 46.1 Å². The lowest BCUT2D eigenvalue weighted by atomic mass is 9.99. The van der Waals surface area contributed by atoms with Gasteiger partial charge in [0.25, 0.3) is 0 Å². The molecular formula is C22H26N4O2S. The lowest BCUT2D eigenvalue weighted by molar-refractivity contribution is -0.113. The maximum absolute atomic E-state index is 12.4. The molecule has 1 saturated carbocycles. The minimum Gasteiger partial charge on any atom is -0.467 e. The number of anilines is 1. The predicted molar refractivity (Wildman–Crippen MR) is 114 cm³/mol. The SMILES string of the molecule is CCC(C)c1ccc(NC(=O)CSc2nnc(C3CC3)n2Cc2ccco2)cc1. The highest BCUT2D eigenvalue weighted by Crippen LogP contribution is 2.40. The van der Waals surface area contributed by atoms with Gasteiger partial charge in [0.2, 0.25) is 5.91 Å². The molecule has 1 aliphatic carbocycles. The monoisotopic (exact) mass is 410 g/mol. The van der Waals surface area contributed by atoms with Crippen LogP contribution in [0.2, 0.25) is 0 Å². The third-order valence-corrected chi connectivity index (χ3v) is 6.26. The van der Waals surface area contributed by atoms with Crippen LogP contribution in [0.1, 0.15) is 62.1 Å². The summed E-state index contributed by atoms with van der Waals surface area (Å²) in [6.45, 7) is 4.97. The van der Waals surface area contributed by atoms with Gasteiger partial charge in [-0.1, -0.05) is 37.7 Å². The second-order valence-electron chi connectivity index (χ2n) is 7.55. The second-order valence-corrected chi connectivity index (χ2v) is 8.49. The fourth-order valence-corrected chi connectivity index (χ4v) is 3.96. The van der Waals surface area contributed by atoms with Gasteiger partial charge in [-0.05, 0) is 55.0 Å². The summed E-state index contributed by atoms with van der Waals surface area (Å²) in [5.74, 6) is 3.09. The van der Waals surface area contributed by atoms with Crippen LogP contribution in [-0.4, -0.2) is 26.4 Å². The summed E-state index contributed by atoms with van der Waals surface area (Å²) in [7, 11) is 0. The van der Waals surface area contributed by atoms with Crippen molar-refractivity contribution in [2.45, 2.75) is 56.6 Å². The standard InChI is InChI=1S/C22H26N4O2S/c1-3-15(2)16-8-10-18(11-9-16)23-20(27)14-29-22-25-24-21(17-6-7-17)26(22)13-19-5-4-12-28-19/h4-5,8-12,15,17H,3,6-7,13-14H2,1-2H3,(H,23,27). The van der Waals surface area contributed by atoms with Crippen molar-refractivity contribution in [2.75, 3.05) is 11.1 Å². The van der Waals surface area contributed by atoms with Crippen molar-refractivity contribution < 1.29 is 9.21 Å². The molecule has 0 saturated heterocycles. The normalized spacial score (nSPS) is 14.7. The maximum Gasteiger partial charge on any atom is 0.234 e. The number of carbonyl (C=O) groups excluding carboxylic acids is 1. The molecule has 0 bridgehead atoms. The van der Waals surface area contributed by atoms with E-state index in [1.807, 2.05) is 24.3 Å². The Balaban J connectivity index is 1.38. The van der Waals surface area contributed by atoms with Crippen LogP contribution < -0.4 is 5.32 Å². The molecule has 2 aromatic heterocycles. The predicted octanol–water partition coefficient (Wildman–Crippen LogP) is 5.04. The first-order chi connectivity index (χ1) is 14.1. The van der Waals surface area contributed by atoms with Gasteiger partial charge in [-0.2, -0.15) is 0 Å². The number of aromatic nitrogens is 3. The Bertz CT molecular complexity index is 946. The number of thioether (sulfide) groups is 1. The molecule has 1 atom stereocenters. The van der Waals surface area contributed by atoms with Crippen LogP contribution in [0, 0.1) is 0 Å². The van der Waals surface area contributed by atoms with E-state index in [-0.39, 0.29) is 11.7 Å². The zero-order valence-corrected chi connectivity index (χ0v) is 17.6. The zero-order valence-electron chi connectivity index (χ0n) is 16.8. The molecule has 1 fully saturated rings. The number of amides is 1. The van der Waals surface area contributed by atoms with Crippen LogP contribution in [0.3, 0.4) is 0 Å². The molecule has 3 aromatic rings. The third kappa shape index (κ3) is 4.90. The van der Waals surface area contributed by atoms with Crippen molar-refractivity contribution >= 4 is 23.4 Å². The van der Waals surface area contributed by atoms with Gasteiger partial charge in [0.15, 0.2) is 5.16 Å². The number of carbonyl (C=O) groups is 1. The quantitative estimate of drug-likeness (QED) is 0.500. The Labute approximate surface area is 175 Å². The number of nitrogens with zero attached hydrogens (tertiary/aromatic N) is 3. The molecule has 1 N–H and O–H groups in total. The molecule has 2 heterocycles. The van der Waals surface area contributed by atoms with Crippen molar-refractivity contribution in [1.29, 1.82) is 0 Å². The van der Waals surface area contributed by atoms with Crippen molar-refractivity contribution in [2.24, 2.45) is 0 Å². The van der Waals surface area contributed by atoms with E-state index in [1.54, 1.807) is 6.26 Å². The van der Waals surface area contributed by atoms with Crippen LogP contribution in [0.4, 0.5) is 5.69 Å². The van der Waals surface area contributed by atoms with Crippen molar-refractivity contribution in [3.8, 4) is 0 Å². The first-order valence-corrected chi connectivity index (χ1v) is 11.1. The number of hydrogen-bond acceptors (Lipinski definition) is 5. The molecule has 29 heavy (non-hydrogen) atoms. The fraction of sp³-hybridized carbons (Fsp3) is 0.409. The van der Waals surface area contributed by atoms with Crippen molar-refractivity contribution in [3.05, 3.63) is 59.8 Å². The average Bonchev–Trinajstić information content (AvgIpc) is 3.30. The molecule has 4 rings (SSSR count). The first-order valence-electron chi connectivity index (χ1n) is 10.1. The van der Waals surface area contributed by atoms with E-state index in [4.69, 9.17) is 4.42 Å². The lowest BCUT2D eigenvalue weighted by Gasteiger charge is -2.11. The molecule has 152 valence electrons. The van der Waals surface area contributed by atoms with Gasteiger partial charge < -0.3 is 9.73 Å². The highest BCUT2D eigenvalue weighted by atomic mass is 32.2. The number of furan rings is 1. The Hall–Kier alpha value is -2.54. The summed E-state index contributed by atoms with van der Waals surface area (Å²) in [6, 6.07) is 11.9. The maximum atomic E-state index is 12.4. The summed E-state index contributed by atoms with van der Waals surface area (Å²) in [6.07, 6.45) is 5.06. The van der Waals surface area contributed by atoms with Crippen LogP contribution in [0.25, 0.3) is 0 Å². The largest absolute Gasteiger partial charge is 0.467 e. The molecule has 0 spiro atoms. The highest BCUT2D eigenvalue weighted by molar-refractivity contribution is 7.99. The summed E-state index contributed by atoms with van der Waals surface area (Å²) in [5, 5.41) is 12.4. The van der Waals surface area contributed by atoms with E-state index in [1.165, 1.54) is 17.3 Å². The second kappa shape index (κ2) is 8.86. The van der Waals surface area contributed by atoms with E-state index in [0.29, 0.717) is 18.4 Å². The Morgan fingerprint density at radius 1 is 1.28 bits per heavy atom. The van der Waals surface area contributed by atoms with Gasteiger partial charge >= 0.3 is 0 Å². The molecule has 0 aliphatic heterocycles. The van der Waals surface area contributed by atoms with E-state index in [9.17, 15) is 4.79 Å². The Kier molecular flexibility index (Phi) is 6.04. The summed E-state index contributed by atoms with van der Waals surface area (Å²) in [5.41, 5.74) is 2.11. The third-order valence-electron chi connectivity index (χ3n) is 5.29. The topological polar surface area (TPSA) is 73.0 Å². The van der Waals surface area contributed by atoms with Crippen LogP contribution in [0.5, 0.6) is 0 Å². The molecule has 1 aliphatic rings. The Morgan fingerprint density at radius 2 is 2.07 bits per heavy atom. The van der Waals surface area contributed by atoms with Gasteiger partial charge in [-0.3, -0.25) is 9.36 Å². The first kappa shape index (κ1) is 19.8. The lowest BCUT2D eigenvalue weighted by Crippen LogP contribution is -2.15. The fourth-order valence-electron chi connectivity index (χ4n) is 3.22. The zero-order chi connectivity index (χ0) is 20.2. The van der Waals surface area contributed by atoms with E-state index in [0.717, 1.165) is 41.7 Å². The molecular weight excluding hydrogens is 384 g/mol. The van der Waals surface area contributed by atoms with Crippen molar-refractivity contribution in [3.63, 3.8) is 0 Å². The molecule has 1 amide bonds. The Morgan fingerprint density at radius 3 is 2.72 bits per heavy atom. The van der Waals surface area contributed by atoms with E-state index < -0.39 is 0 Å². The molecule has 7 heteroatoms. The summed E-state index contributed by atoms with van der Waals surface area (Å²) < 4.78 is 7.57. The minimum absolute atomic E-state index is 0.0492. The van der Waals surface area contributed by atoms with Gasteiger partial charge in [-0.15, -0.1) is 10.2 Å². The van der Waals surface area contributed by atoms with Gasteiger partial charge in [-0.25, -0.2) is 0 Å². The summed E-state index contributed by atoms with van der Waals surface area (Å²) >= 11 is 1.41. The molecule has 0 radical (unpaired) electrons. The van der Waals surface area contributed by atoms with Crippen LogP contribution in [0.15, 0.2) is 52.2 Å². The molecule has 1 aromatic carbocycles. The average molecular weight is 411 g/mol. The smallest absolute Gasteiger partial charge is 0.234 e. The minimum atomic E-state index is -0.0492. The highest BCUT2D eigenvalue weighted by Gasteiger charge is 2.30. The molecule has 6 nitrogen and oxygen atoms in total. The van der Waals surface area contributed by atoms with Crippen molar-refractivity contribution in [1.82, 2.24) is 14.8 Å². The number of nitrogens with one attached hydrogen (secondary N) is 1. The number of hydrogen-bond donors (Lipinski definition) is 1. The van der Waals surface area contributed by atoms with Crippen LogP contribution in [-0.2, 0) is 11.3 Å². The van der Waals surface area contributed by atoms with Gasteiger partial charge in [0, 0.05) is 11.6 Å². The van der Waals surface area contributed by atoms with Crippen LogP contribution >= 0.6 is 11.8 Å². The van der Waals surface area contributed by atoms with E-state index >= 15 is 0 Å². The molecule has 1 unspecified atom stereocenters. The number of rotatable bonds is 9. The summed E-state index contributed by atoms with van der Waals surface area (Å²) in [4.78, 5) is 12.4. The number of benzene rings is 1. The van der Waals surface area contributed by atoms with Gasteiger partial charge in [0.05, 0.1) is 18.6 Å². The van der Waals surface area contributed by atoms with Gasteiger partial charge in [0.1, 0.15) is 11.6 Å².